The zero-order valence-corrected chi connectivity index (χ0v) is 12.3. The third kappa shape index (κ3) is 2.31. The second kappa shape index (κ2) is 5.86. The van der Waals surface area contributed by atoms with Gasteiger partial charge in [0.2, 0.25) is 5.75 Å². The summed E-state index contributed by atoms with van der Waals surface area (Å²) in [5.41, 5.74) is 7.75. The van der Waals surface area contributed by atoms with Gasteiger partial charge in [0.15, 0.2) is 11.5 Å². The summed E-state index contributed by atoms with van der Waals surface area (Å²) >= 11 is 0. The van der Waals surface area contributed by atoms with E-state index in [9.17, 15) is 0 Å². The Labute approximate surface area is 118 Å². The maximum atomic E-state index is 6.00. The van der Waals surface area contributed by atoms with Crippen LogP contribution in [-0.2, 0) is 6.42 Å². The molecule has 2 rings (SSSR count). The monoisotopic (exact) mass is 276 g/mol. The maximum Gasteiger partial charge on any atom is 0.204 e. The van der Waals surface area contributed by atoms with Gasteiger partial charge in [0.05, 0.1) is 26.8 Å². The van der Waals surface area contributed by atoms with Gasteiger partial charge in [-0.3, -0.25) is 0 Å². The van der Waals surface area contributed by atoms with Gasteiger partial charge in [-0.05, 0) is 18.1 Å². The molecule has 0 saturated carbocycles. The molecule has 1 heterocycles. The van der Waals surface area contributed by atoms with Crippen LogP contribution in [0.25, 0.3) is 10.9 Å². The van der Waals surface area contributed by atoms with Crippen LogP contribution < -0.4 is 19.9 Å². The van der Waals surface area contributed by atoms with E-state index in [0.29, 0.717) is 23.1 Å². The highest BCUT2D eigenvalue weighted by atomic mass is 16.5. The number of methoxy groups -OCH3 is 3. The molecule has 0 unspecified atom stereocenters. The summed E-state index contributed by atoms with van der Waals surface area (Å²) in [6, 6.07) is 3.82. The van der Waals surface area contributed by atoms with E-state index in [1.807, 2.05) is 12.1 Å². The summed E-state index contributed by atoms with van der Waals surface area (Å²) in [7, 11) is 4.77. The second-order valence-electron chi connectivity index (χ2n) is 4.49. The lowest BCUT2D eigenvalue weighted by Crippen LogP contribution is -2.01. The largest absolute Gasteiger partial charge is 0.493 e. The number of anilines is 1. The number of fused-ring (bicyclic) bond motifs is 1. The van der Waals surface area contributed by atoms with Crippen LogP contribution in [0.3, 0.4) is 0 Å². The van der Waals surface area contributed by atoms with Gasteiger partial charge in [-0.15, -0.1) is 0 Å². The van der Waals surface area contributed by atoms with Crippen molar-refractivity contribution < 1.29 is 14.2 Å². The van der Waals surface area contributed by atoms with E-state index in [2.05, 4.69) is 11.9 Å². The highest BCUT2D eigenvalue weighted by Gasteiger charge is 2.18. The molecule has 0 aliphatic rings. The number of nitrogen functional groups attached to an aromatic ring is 1. The highest BCUT2D eigenvalue weighted by Crippen LogP contribution is 2.43. The van der Waals surface area contributed by atoms with Gasteiger partial charge < -0.3 is 19.9 Å². The Morgan fingerprint density at radius 1 is 1.05 bits per heavy atom. The molecule has 0 atom stereocenters. The molecular weight excluding hydrogens is 256 g/mol. The molecule has 5 nitrogen and oxygen atoms in total. The zero-order valence-electron chi connectivity index (χ0n) is 12.3. The molecule has 20 heavy (non-hydrogen) atoms. The van der Waals surface area contributed by atoms with Crippen LogP contribution in [0.2, 0.25) is 0 Å². The Morgan fingerprint density at radius 3 is 2.30 bits per heavy atom. The van der Waals surface area contributed by atoms with E-state index in [4.69, 9.17) is 19.9 Å². The molecular formula is C15H20N2O3. The van der Waals surface area contributed by atoms with E-state index in [1.54, 1.807) is 21.3 Å². The molecule has 2 N–H and O–H groups in total. The van der Waals surface area contributed by atoms with Gasteiger partial charge in [0.25, 0.3) is 0 Å². The number of hydrogen-bond donors (Lipinski definition) is 1. The standard InChI is InChI=1S/C15H20N2O3/c1-5-6-9-7-10-11(17-15(9)16)8-12(18-2)14(20-4)13(10)19-3/h7-8H,5-6H2,1-4H3,(H2,16,17). The number of ether oxygens (including phenoxy) is 3. The van der Waals surface area contributed by atoms with E-state index < -0.39 is 0 Å². The number of aryl methyl sites for hydroxylation is 1. The first kappa shape index (κ1) is 14.2. The Hall–Kier alpha value is -2.17. The maximum absolute atomic E-state index is 6.00. The quantitative estimate of drug-likeness (QED) is 0.909. The summed E-state index contributed by atoms with van der Waals surface area (Å²) < 4.78 is 16.2. The lowest BCUT2D eigenvalue weighted by molar-refractivity contribution is 0.327. The van der Waals surface area contributed by atoms with Crippen molar-refractivity contribution in [3.05, 3.63) is 17.7 Å². The minimum atomic E-state index is 0.550. The van der Waals surface area contributed by atoms with Crippen molar-refractivity contribution >= 4 is 16.7 Å². The van der Waals surface area contributed by atoms with Crippen LogP contribution in [0.4, 0.5) is 5.82 Å². The van der Waals surface area contributed by atoms with Crippen LogP contribution in [0, 0.1) is 0 Å². The summed E-state index contributed by atoms with van der Waals surface area (Å²) in [5.74, 6) is 2.31. The topological polar surface area (TPSA) is 66.6 Å². The van der Waals surface area contributed by atoms with Crippen LogP contribution in [-0.4, -0.2) is 26.3 Å². The van der Waals surface area contributed by atoms with Crippen molar-refractivity contribution in [3.63, 3.8) is 0 Å². The SMILES string of the molecule is CCCc1cc2c(OC)c(OC)c(OC)cc2nc1N. The number of aromatic nitrogens is 1. The van der Waals surface area contributed by atoms with E-state index in [0.717, 1.165) is 29.3 Å². The lowest BCUT2D eigenvalue weighted by Gasteiger charge is -2.15. The Kier molecular flexibility index (Phi) is 4.17. The minimum Gasteiger partial charge on any atom is -0.493 e. The smallest absolute Gasteiger partial charge is 0.204 e. The van der Waals surface area contributed by atoms with Crippen molar-refractivity contribution in [3.8, 4) is 17.2 Å². The number of benzene rings is 1. The predicted octanol–water partition coefficient (Wildman–Crippen LogP) is 2.80. The Morgan fingerprint density at radius 2 is 1.75 bits per heavy atom. The van der Waals surface area contributed by atoms with Gasteiger partial charge in [-0.1, -0.05) is 13.3 Å². The molecule has 5 heteroatoms. The van der Waals surface area contributed by atoms with Crippen molar-refractivity contribution in [1.82, 2.24) is 4.98 Å². The molecule has 2 aromatic rings. The molecule has 0 amide bonds. The average Bonchev–Trinajstić information content (AvgIpc) is 2.46. The van der Waals surface area contributed by atoms with Crippen molar-refractivity contribution in [2.75, 3.05) is 27.1 Å². The number of nitrogens with two attached hydrogens (primary N) is 1. The molecule has 0 aliphatic carbocycles. The first-order valence-corrected chi connectivity index (χ1v) is 6.54. The molecule has 0 saturated heterocycles. The highest BCUT2D eigenvalue weighted by molar-refractivity contribution is 5.92. The van der Waals surface area contributed by atoms with Crippen LogP contribution in [0.5, 0.6) is 17.2 Å². The fourth-order valence-electron chi connectivity index (χ4n) is 2.32. The summed E-state index contributed by atoms with van der Waals surface area (Å²) in [5, 5.41) is 0.878. The van der Waals surface area contributed by atoms with Crippen LogP contribution in [0.15, 0.2) is 12.1 Å². The van der Waals surface area contributed by atoms with Crippen LogP contribution >= 0.6 is 0 Å². The normalized spacial score (nSPS) is 10.6. The van der Waals surface area contributed by atoms with Gasteiger partial charge in [0, 0.05) is 11.5 Å². The molecule has 0 aliphatic heterocycles. The zero-order chi connectivity index (χ0) is 14.7. The average molecular weight is 276 g/mol. The molecule has 1 aromatic carbocycles. The van der Waals surface area contributed by atoms with Gasteiger partial charge >= 0.3 is 0 Å². The first-order valence-electron chi connectivity index (χ1n) is 6.54. The molecule has 1 aromatic heterocycles. The predicted molar refractivity (Wildman–Crippen MR) is 79.8 cm³/mol. The Bertz CT molecular complexity index is 626. The van der Waals surface area contributed by atoms with E-state index in [-0.39, 0.29) is 0 Å². The van der Waals surface area contributed by atoms with Crippen molar-refractivity contribution in [2.45, 2.75) is 19.8 Å². The van der Waals surface area contributed by atoms with Gasteiger partial charge in [-0.2, -0.15) is 0 Å². The van der Waals surface area contributed by atoms with Crippen molar-refractivity contribution in [1.29, 1.82) is 0 Å². The number of pyridine rings is 1. The number of nitrogens with zero attached hydrogens (tertiary/aromatic N) is 1. The molecule has 108 valence electrons. The third-order valence-electron chi connectivity index (χ3n) is 3.25. The number of rotatable bonds is 5. The summed E-state index contributed by atoms with van der Waals surface area (Å²) in [6.07, 6.45) is 1.89. The van der Waals surface area contributed by atoms with Gasteiger partial charge in [0.1, 0.15) is 5.82 Å². The number of hydrogen-bond acceptors (Lipinski definition) is 5. The summed E-state index contributed by atoms with van der Waals surface area (Å²) in [6.45, 7) is 2.11. The Balaban J connectivity index is 2.78. The lowest BCUT2D eigenvalue weighted by atomic mass is 10.1. The first-order chi connectivity index (χ1) is 9.65. The molecule has 0 spiro atoms. The minimum absolute atomic E-state index is 0.550. The fraction of sp³-hybridized carbons (Fsp3) is 0.400. The molecule has 0 radical (unpaired) electrons. The molecule has 0 fully saturated rings. The fourth-order valence-corrected chi connectivity index (χ4v) is 2.32. The second-order valence-corrected chi connectivity index (χ2v) is 4.49. The van der Waals surface area contributed by atoms with Crippen molar-refractivity contribution in [2.24, 2.45) is 0 Å². The van der Waals surface area contributed by atoms with Gasteiger partial charge in [-0.25, -0.2) is 4.98 Å². The molecule has 0 bridgehead atoms. The van der Waals surface area contributed by atoms with E-state index in [1.165, 1.54) is 0 Å². The third-order valence-corrected chi connectivity index (χ3v) is 3.25. The summed E-state index contributed by atoms with van der Waals surface area (Å²) in [4.78, 5) is 4.45. The van der Waals surface area contributed by atoms with E-state index >= 15 is 0 Å². The van der Waals surface area contributed by atoms with Crippen LogP contribution in [0.1, 0.15) is 18.9 Å².